The number of esters is 1. The summed E-state index contributed by atoms with van der Waals surface area (Å²) in [5, 5.41) is 30.7. The van der Waals surface area contributed by atoms with Crippen LogP contribution in [0.3, 0.4) is 0 Å². The summed E-state index contributed by atoms with van der Waals surface area (Å²) in [6.07, 6.45) is -7.03. The molecule has 2 rings (SSSR count). The van der Waals surface area contributed by atoms with Gasteiger partial charge in [-0.1, -0.05) is 18.2 Å². The van der Waals surface area contributed by atoms with Gasteiger partial charge in [-0.2, -0.15) is 5.06 Å². The van der Waals surface area contributed by atoms with Gasteiger partial charge in [-0.15, -0.1) is 0 Å². The Morgan fingerprint density at radius 1 is 1.16 bits per heavy atom. The molecule has 9 heteroatoms. The van der Waals surface area contributed by atoms with Crippen LogP contribution in [0.1, 0.15) is 13.8 Å². The molecule has 1 aliphatic heterocycles. The predicted octanol–water partition coefficient (Wildman–Crippen LogP) is -0.658. The molecule has 9 nitrogen and oxygen atoms in total. The second-order valence-corrected chi connectivity index (χ2v) is 5.54. The molecule has 1 saturated heterocycles. The maximum absolute atomic E-state index is 11.8. The number of anilines is 1. The normalized spacial score (nSPS) is 29.1. The third-order valence-electron chi connectivity index (χ3n) is 3.61. The number of aliphatic hydroxyl groups is 3. The number of carbonyl (C=O) groups is 2. The van der Waals surface area contributed by atoms with Crippen molar-refractivity contribution < 1.29 is 39.2 Å². The van der Waals surface area contributed by atoms with E-state index in [4.69, 9.17) is 14.3 Å². The fourth-order valence-electron chi connectivity index (χ4n) is 2.46. The lowest BCUT2D eigenvalue weighted by atomic mass is 9.99. The molecule has 3 N–H and O–H groups in total. The fraction of sp³-hybridized carbons (Fsp3) is 0.500. The van der Waals surface area contributed by atoms with E-state index in [0.29, 0.717) is 5.69 Å². The Balaban J connectivity index is 2.18. The number of benzene rings is 1. The van der Waals surface area contributed by atoms with Crippen molar-refractivity contribution >= 4 is 17.6 Å². The van der Waals surface area contributed by atoms with Gasteiger partial charge in [-0.3, -0.25) is 9.59 Å². The van der Waals surface area contributed by atoms with Crippen molar-refractivity contribution in [2.45, 2.75) is 44.6 Å². The lowest BCUT2D eigenvalue weighted by Crippen LogP contribution is -2.61. The van der Waals surface area contributed by atoms with Gasteiger partial charge in [-0.25, -0.2) is 4.84 Å². The van der Waals surface area contributed by atoms with E-state index in [2.05, 4.69) is 0 Å². The van der Waals surface area contributed by atoms with Gasteiger partial charge in [0.25, 0.3) is 0 Å². The standard InChI is InChI=1S/C16H21NO8/c1-9(19)17(11-6-4-3-5-7-11)25-16-14(22)13(21)15(23-10(2)20)12(8-18)24-16/h3-7,12-16,18,21-22H,8H2,1-2H3/t12-,13-,14-,15-,16+/m1/s1. The van der Waals surface area contributed by atoms with Gasteiger partial charge in [-0.05, 0) is 12.1 Å². The molecule has 1 heterocycles. The van der Waals surface area contributed by atoms with Gasteiger partial charge in [0, 0.05) is 13.8 Å². The fourth-order valence-corrected chi connectivity index (χ4v) is 2.46. The van der Waals surface area contributed by atoms with Gasteiger partial charge >= 0.3 is 5.97 Å². The molecule has 1 fully saturated rings. The topological polar surface area (TPSA) is 126 Å². The molecule has 0 spiro atoms. The van der Waals surface area contributed by atoms with E-state index in [1.165, 1.54) is 6.92 Å². The number of hydrogen-bond donors (Lipinski definition) is 3. The lowest BCUT2D eigenvalue weighted by Gasteiger charge is -2.42. The Labute approximate surface area is 144 Å². The Morgan fingerprint density at radius 2 is 1.80 bits per heavy atom. The number of aliphatic hydroxyl groups excluding tert-OH is 3. The minimum Gasteiger partial charge on any atom is -0.457 e. The smallest absolute Gasteiger partial charge is 0.303 e. The molecule has 0 saturated carbocycles. The maximum Gasteiger partial charge on any atom is 0.303 e. The summed E-state index contributed by atoms with van der Waals surface area (Å²) in [6.45, 7) is 1.79. The van der Waals surface area contributed by atoms with Gasteiger partial charge in [0.05, 0.1) is 12.3 Å². The molecular formula is C16H21NO8. The highest BCUT2D eigenvalue weighted by atomic mass is 16.8. The number of nitrogens with zero attached hydrogens (tertiary/aromatic N) is 1. The number of amides is 1. The molecule has 25 heavy (non-hydrogen) atoms. The zero-order chi connectivity index (χ0) is 18.6. The van der Waals surface area contributed by atoms with Crippen molar-refractivity contribution in [2.24, 2.45) is 0 Å². The monoisotopic (exact) mass is 355 g/mol. The first kappa shape index (κ1) is 19.3. The summed E-state index contributed by atoms with van der Waals surface area (Å²) < 4.78 is 10.3. The third kappa shape index (κ3) is 4.53. The summed E-state index contributed by atoms with van der Waals surface area (Å²) in [4.78, 5) is 28.4. The molecule has 0 unspecified atom stereocenters. The van der Waals surface area contributed by atoms with Crippen LogP contribution in [0.4, 0.5) is 5.69 Å². The van der Waals surface area contributed by atoms with Gasteiger partial charge in [0.2, 0.25) is 12.2 Å². The van der Waals surface area contributed by atoms with E-state index in [9.17, 15) is 24.9 Å². The van der Waals surface area contributed by atoms with Crippen LogP contribution in [-0.4, -0.2) is 64.5 Å². The zero-order valence-electron chi connectivity index (χ0n) is 13.8. The van der Waals surface area contributed by atoms with E-state index in [0.717, 1.165) is 12.0 Å². The van der Waals surface area contributed by atoms with Gasteiger partial charge < -0.3 is 24.8 Å². The summed E-state index contributed by atoms with van der Waals surface area (Å²) in [7, 11) is 0. The zero-order valence-corrected chi connectivity index (χ0v) is 13.8. The Morgan fingerprint density at radius 3 is 2.32 bits per heavy atom. The van der Waals surface area contributed by atoms with Gasteiger partial charge in [0.15, 0.2) is 6.10 Å². The van der Waals surface area contributed by atoms with E-state index >= 15 is 0 Å². The van der Waals surface area contributed by atoms with E-state index in [1.807, 2.05) is 0 Å². The highest BCUT2D eigenvalue weighted by Gasteiger charge is 2.48. The number of rotatable bonds is 5. The molecule has 1 amide bonds. The lowest BCUT2D eigenvalue weighted by molar-refractivity contribution is -0.304. The third-order valence-corrected chi connectivity index (χ3v) is 3.61. The van der Waals surface area contributed by atoms with Crippen molar-refractivity contribution in [1.82, 2.24) is 0 Å². The summed E-state index contributed by atoms with van der Waals surface area (Å²) in [6, 6.07) is 8.35. The molecule has 1 aliphatic rings. The molecule has 0 aromatic heterocycles. The molecular weight excluding hydrogens is 334 g/mol. The highest BCUT2D eigenvalue weighted by Crippen LogP contribution is 2.26. The van der Waals surface area contributed by atoms with Crippen LogP contribution in [0.5, 0.6) is 0 Å². The average molecular weight is 355 g/mol. The van der Waals surface area contributed by atoms with Crippen molar-refractivity contribution in [3.63, 3.8) is 0 Å². The second-order valence-electron chi connectivity index (χ2n) is 5.54. The number of para-hydroxylation sites is 1. The highest BCUT2D eigenvalue weighted by molar-refractivity contribution is 5.89. The summed E-state index contributed by atoms with van der Waals surface area (Å²) in [5.74, 6) is -1.19. The van der Waals surface area contributed by atoms with Crippen LogP contribution in [0, 0.1) is 0 Å². The van der Waals surface area contributed by atoms with Crippen LogP contribution in [0.2, 0.25) is 0 Å². The average Bonchev–Trinajstić information content (AvgIpc) is 2.58. The first-order chi connectivity index (χ1) is 11.8. The molecule has 0 bridgehead atoms. The van der Waals surface area contributed by atoms with Crippen LogP contribution < -0.4 is 5.06 Å². The summed E-state index contributed by atoms with van der Waals surface area (Å²) >= 11 is 0. The second kappa shape index (κ2) is 8.37. The summed E-state index contributed by atoms with van der Waals surface area (Å²) in [5.41, 5.74) is 0.392. The SMILES string of the molecule is CC(=O)O[C@H]1[C@H](O)[C@@H](O)[C@H](ON(C(C)=O)c2ccccc2)O[C@@H]1CO. The van der Waals surface area contributed by atoms with Gasteiger partial charge in [0.1, 0.15) is 18.3 Å². The van der Waals surface area contributed by atoms with Crippen LogP contribution in [0.25, 0.3) is 0 Å². The van der Waals surface area contributed by atoms with Crippen molar-refractivity contribution in [3.8, 4) is 0 Å². The molecule has 0 aliphatic carbocycles. The van der Waals surface area contributed by atoms with Crippen LogP contribution in [0.15, 0.2) is 30.3 Å². The van der Waals surface area contributed by atoms with Crippen molar-refractivity contribution in [3.05, 3.63) is 30.3 Å². The Hall–Kier alpha value is -2.04. The quantitative estimate of drug-likeness (QED) is 0.470. The molecule has 5 atom stereocenters. The van der Waals surface area contributed by atoms with E-state index < -0.39 is 49.2 Å². The number of ether oxygens (including phenoxy) is 2. The minimum absolute atomic E-state index is 0.392. The first-order valence-electron chi connectivity index (χ1n) is 7.67. The molecule has 1 aromatic rings. The Bertz CT molecular complexity index is 593. The van der Waals surface area contributed by atoms with Crippen LogP contribution in [-0.2, 0) is 23.9 Å². The first-order valence-corrected chi connectivity index (χ1v) is 7.67. The molecule has 138 valence electrons. The van der Waals surface area contributed by atoms with E-state index in [1.54, 1.807) is 30.3 Å². The molecule has 1 aromatic carbocycles. The maximum atomic E-state index is 11.8. The number of hydrogen-bond acceptors (Lipinski definition) is 8. The number of carbonyl (C=O) groups excluding carboxylic acids is 2. The van der Waals surface area contributed by atoms with Crippen molar-refractivity contribution in [1.29, 1.82) is 0 Å². The predicted molar refractivity (Wildman–Crippen MR) is 84.0 cm³/mol. The Kier molecular flexibility index (Phi) is 6.45. The minimum atomic E-state index is -1.61. The van der Waals surface area contributed by atoms with E-state index in [-0.39, 0.29) is 0 Å². The number of hydroxylamine groups is 1. The largest absolute Gasteiger partial charge is 0.457 e. The van der Waals surface area contributed by atoms with Crippen LogP contribution >= 0.6 is 0 Å². The van der Waals surface area contributed by atoms with Crippen molar-refractivity contribution in [2.75, 3.05) is 11.7 Å². The molecule has 0 radical (unpaired) electrons.